The van der Waals surface area contributed by atoms with E-state index >= 15 is 0 Å². The van der Waals surface area contributed by atoms with E-state index in [1.54, 1.807) is 0 Å². The average molecular weight is 195 g/mol. The molecule has 82 valence electrons. The Morgan fingerprint density at radius 3 is 2.36 bits per heavy atom. The topological polar surface area (TPSA) is 3.24 Å². The Morgan fingerprint density at radius 2 is 1.71 bits per heavy atom. The fourth-order valence-electron chi connectivity index (χ4n) is 3.36. The summed E-state index contributed by atoms with van der Waals surface area (Å²) in [5, 5.41) is 0. The molecule has 1 saturated carbocycles. The Bertz CT molecular complexity index is 209. The molecule has 14 heavy (non-hydrogen) atoms. The summed E-state index contributed by atoms with van der Waals surface area (Å²) >= 11 is 0. The van der Waals surface area contributed by atoms with E-state index in [0.29, 0.717) is 10.8 Å². The van der Waals surface area contributed by atoms with Gasteiger partial charge in [0.05, 0.1) is 0 Å². The van der Waals surface area contributed by atoms with E-state index < -0.39 is 0 Å². The third-order valence-corrected chi connectivity index (χ3v) is 4.52. The summed E-state index contributed by atoms with van der Waals surface area (Å²) in [7, 11) is 2.28. The van der Waals surface area contributed by atoms with Gasteiger partial charge in [0.25, 0.3) is 0 Å². The molecule has 1 unspecified atom stereocenters. The van der Waals surface area contributed by atoms with Crippen LogP contribution in [0, 0.1) is 10.8 Å². The van der Waals surface area contributed by atoms with Crippen molar-refractivity contribution in [1.29, 1.82) is 0 Å². The summed E-state index contributed by atoms with van der Waals surface area (Å²) in [6.07, 6.45) is 8.77. The smallest absolute Gasteiger partial charge is 0.00354 e. The van der Waals surface area contributed by atoms with Gasteiger partial charge in [-0.15, -0.1) is 0 Å². The number of hydrogen-bond acceptors (Lipinski definition) is 1. The third-order valence-electron chi connectivity index (χ3n) is 4.52. The monoisotopic (exact) mass is 195 g/mol. The van der Waals surface area contributed by atoms with Gasteiger partial charge in [-0.1, -0.05) is 20.3 Å². The Hall–Kier alpha value is -0.0400. The van der Waals surface area contributed by atoms with Crippen LogP contribution < -0.4 is 0 Å². The highest BCUT2D eigenvalue weighted by atomic mass is 15.1. The standard InChI is InChI=1S/C13H25N/c1-12(2)5-4-6-13(8-7-12)9-10-14(3)11-13/h4-11H2,1-3H3. The van der Waals surface area contributed by atoms with Crippen molar-refractivity contribution in [3.63, 3.8) is 0 Å². The number of likely N-dealkylation sites (tertiary alicyclic amines) is 1. The van der Waals surface area contributed by atoms with Gasteiger partial charge in [-0.05, 0) is 56.5 Å². The molecule has 0 bridgehead atoms. The molecule has 1 atom stereocenters. The first-order valence-electron chi connectivity index (χ1n) is 6.20. The van der Waals surface area contributed by atoms with E-state index in [1.807, 2.05) is 0 Å². The first-order valence-corrected chi connectivity index (χ1v) is 6.20. The number of nitrogens with zero attached hydrogens (tertiary/aromatic N) is 1. The molecule has 1 aliphatic carbocycles. The van der Waals surface area contributed by atoms with Crippen molar-refractivity contribution >= 4 is 0 Å². The zero-order valence-corrected chi connectivity index (χ0v) is 10.1. The third kappa shape index (κ3) is 2.13. The Morgan fingerprint density at radius 1 is 0.929 bits per heavy atom. The summed E-state index contributed by atoms with van der Waals surface area (Å²) in [4.78, 5) is 2.53. The molecule has 0 amide bonds. The van der Waals surface area contributed by atoms with Crippen LogP contribution in [0.5, 0.6) is 0 Å². The second-order valence-corrected chi connectivity index (χ2v) is 6.51. The normalized spacial score (nSPS) is 38.8. The molecule has 0 N–H and O–H groups in total. The van der Waals surface area contributed by atoms with Gasteiger partial charge < -0.3 is 4.90 Å². The fourth-order valence-corrected chi connectivity index (χ4v) is 3.36. The van der Waals surface area contributed by atoms with Crippen molar-refractivity contribution in [2.45, 2.75) is 52.4 Å². The summed E-state index contributed by atoms with van der Waals surface area (Å²) in [6.45, 7) is 7.60. The van der Waals surface area contributed by atoms with Gasteiger partial charge in [0.2, 0.25) is 0 Å². The van der Waals surface area contributed by atoms with Crippen LogP contribution in [0.2, 0.25) is 0 Å². The first-order chi connectivity index (χ1) is 6.52. The second kappa shape index (κ2) is 3.52. The molecule has 2 rings (SSSR count). The van der Waals surface area contributed by atoms with E-state index in [2.05, 4.69) is 25.8 Å². The number of rotatable bonds is 0. The van der Waals surface area contributed by atoms with Crippen LogP contribution in [-0.2, 0) is 0 Å². The minimum absolute atomic E-state index is 0.616. The minimum Gasteiger partial charge on any atom is -0.306 e. The lowest BCUT2D eigenvalue weighted by Crippen LogP contribution is -2.24. The highest BCUT2D eigenvalue weighted by Crippen LogP contribution is 2.46. The SMILES string of the molecule is CN1CCC2(CCCC(C)(C)CC2)C1. The zero-order chi connectivity index (χ0) is 10.2. The predicted molar refractivity (Wildman–Crippen MR) is 61.4 cm³/mol. The molecule has 1 spiro atoms. The molecular weight excluding hydrogens is 170 g/mol. The van der Waals surface area contributed by atoms with Crippen LogP contribution in [0.15, 0.2) is 0 Å². The largest absolute Gasteiger partial charge is 0.306 e. The van der Waals surface area contributed by atoms with Crippen LogP contribution in [-0.4, -0.2) is 25.0 Å². The van der Waals surface area contributed by atoms with Gasteiger partial charge in [0.1, 0.15) is 0 Å². The van der Waals surface area contributed by atoms with E-state index in [0.717, 1.165) is 0 Å². The van der Waals surface area contributed by atoms with Crippen LogP contribution in [0.3, 0.4) is 0 Å². The molecule has 2 fully saturated rings. The van der Waals surface area contributed by atoms with Crippen LogP contribution >= 0.6 is 0 Å². The molecule has 1 heterocycles. The molecule has 0 radical (unpaired) electrons. The van der Waals surface area contributed by atoms with Gasteiger partial charge >= 0.3 is 0 Å². The predicted octanol–water partition coefficient (Wildman–Crippen LogP) is 3.30. The summed E-state index contributed by atoms with van der Waals surface area (Å²) in [5.41, 5.74) is 1.33. The molecule has 1 nitrogen and oxygen atoms in total. The lowest BCUT2D eigenvalue weighted by molar-refractivity contribution is 0.230. The molecular formula is C13H25N. The van der Waals surface area contributed by atoms with Gasteiger partial charge in [0.15, 0.2) is 0 Å². The molecule has 2 aliphatic rings. The maximum atomic E-state index is 2.53. The maximum Gasteiger partial charge on any atom is 0.00354 e. The molecule has 0 aromatic rings. The van der Waals surface area contributed by atoms with Crippen molar-refractivity contribution in [2.75, 3.05) is 20.1 Å². The highest BCUT2D eigenvalue weighted by molar-refractivity contribution is 4.92. The quantitative estimate of drug-likeness (QED) is 0.573. The van der Waals surface area contributed by atoms with E-state index in [-0.39, 0.29) is 0 Å². The van der Waals surface area contributed by atoms with Crippen LogP contribution in [0.25, 0.3) is 0 Å². The van der Waals surface area contributed by atoms with Crippen molar-refractivity contribution < 1.29 is 0 Å². The van der Waals surface area contributed by atoms with Gasteiger partial charge in [-0.3, -0.25) is 0 Å². The van der Waals surface area contributed by atoms with Crippen LogP contribution in [0.1, 0.15) is 52.4 Å². The summed E-state index contributed by atoms with van der Waals surface area (Å²) in [6, 6.07) is 0. The number of hydrogen-bond donors (Lipinski definition) is 0. The Labute approximate surface area is 88.9 Å². The van der Waals surface area contributed by atoms with Gasteiger partial charge in [-0.2, -0.15) is 0 Å². The highest BCUT2D eigenvalue weighted by Gasteiger charge is 2.39. The van der Waals surface area contributed by atoms with Crippen molar-refractivity contribution in [1.82, 2.24) is 4.90 Å². The van der Waals surface area contributed by atoms with Crippen LogP contribution in [0.4, 0.5) is 0 Å². The van der Waals surface area contributed by atoms with Crippen molar-refractivity contribution in [2.24, 2.45) is 10.8 Å². The van der Waals surface area contributed by atoms with E-state index in [4.69, 9.17) is 0 Å². The first kappa shape index (κ1) is 10.5. The van der Waals surface area contributed by atoms with Gasteiger partial charge in [-0.25, -0.2) is 0 Å². The lowest BCUT2D eigenvalue weighted by atomic mass is 9.78. The molecule has 1 aliphatic heterocycles. The van der Waals surface area contributed by atoms with E-state index in [9.17, 15) is 0 Å². The fraction of sp³-hybridized carbons (Fsp3) is 1.00. The zero-order valence-electron chi connectivity index (χ0n) is 10.1. The Balaban J connectivity index is 2.01. The summed E-state index contributed by atoms with van der Waals surface area (Å²) < 4.78 is 0. The average Bonchev–Trinajstić information content (AvgIpc) is 2.38. The Kier molecular flexibility index (Phi) is 2.63. The maximum absolute atomic E-state index is 2.53. The minimum atomic E-state index is 0.616. The molecule has 0 aromatic heterocycles. The van der Waals surface area contributed by atoms with E-state index in [1.165, 1.54) is 51.6 Å². The lowest BCUT2D eigenvalue weighted by Gasteiger charge is -2.28. The van der Waals surface area contributed by atoms with Crippen molar-refractivity contribution in [3.05, 3.63) is 0 Å². The molecule has 1 heteroatoms. The molecule has 1 saturated heterocycles. The molecule has 0 aromatic carbocycles. The van der Waals surface area contributed by atoms with Gasteiger partial charge in [0, 0.05) is 6.54 Å². The second-order valence-electron chi connectivity index (χ2n) is 6.51. The summed E-state index contributed by atoms with van der Waals surface area (Å²) in [5.74, 6) is 0. The van der Waals surface area contributed by atoms with Crippen molar-refractivity contribution in [3.8, 4) is 0 Å².